The molecule has 5 heteroatoms. The topological polar surface area (TPSA) is 52.3 Å². The third-order valence-electron chi connectivity index (χ3n) is 3.98. The Labute approximate surface area is 154 Å². The minimum absolute atomic E-state index is 0.0261. The minimum Gasteiger partial charge on any atom is -0.366 e. The van der Waals surface area contributed by atoms with Crippen LogP contribution in [0.3, 0.4) is 0 Å². The summed E-state index contributed by atoms with van der Waals surface area (Å²) in [6, 6.07) is 17.4. The number of carbonyl (C=O) groups is 1. The summed E-state index contributed by atoms with van der Waals surface area (Å²) in [5, 5.41) is 3.96. The lowest BCUT2D eigenvalue weighted by Gasteiger charge is -2.12. The highest BCUT2D eigenvalue weighted by molar-refractivity contribution is 9.10. The maximum Gasteiger partial charge on any atom is 0.194 e. The van der Waals surface area contributed by atoms with Crippen molar-refractivity contribution >= 4 is 21.7 Å². The van der Waals surface area contributed by atoms with Crippen LogP contribution < -0.4 is 0 Å². The number of ether oxygens (including phenoxy) is 1. The van der Waals surface area contributed by atoms with Crippen LogP contribution in [0.1, 0.15) is 34.6 Å². The molecule has 25 heavy (non-hydrogen) atoms. The van der Waals surface area contributed by atoms with E-state index < -0.39 is 0 Å². The van der Waals surface area contributed by atoms with E-state index in [1.807, 2.05) is 61.5 Å². The number of hydrogen-bond acceptors (Lipinski definition) is 4. The Balaban J connectivity index is 1.76. The zero-order valence-corrected chi connectivity index (χ0v) is 15.6. The molecule has 0 saturated carbocycles. The number of rotatable bonds is 6. The largest absolute Gasteiger partial charge is 0.366 e. The Morgan fingerprint density at radius 1 is 1.16 bits per heavy atom. The lowest BCUT2D eigenvalue weighted by atomic mass is 10.0. The summed E-state index contributed by atoms with van der Waals surface area (Å²) >= 11 is 3.40. The fourth-order valence-corrected chi connectivity index (χ4v) is 2.85. The summed E-state index contributed by atoms with van der Waals surface area (Å²) < 4.78 is 12.1. The molecule has 4 nitrogen and oxygen atoms in total. The van der Waals surface area contributed by atoms with E-state index in [4.69, 9.17) is 9.26 Å². The number of carbonyl (C=O) groups excluding carboxylic acids is 1. The van der Waals surface area contributed by atoms with Gasteiger partial charge in [0.25, 0.3) is 0 Å². The zero-order valence-electron chi connectivity index (χ0n) is 14.0. The van der Waals surface area contributed by atoms with Gasteiger partial charge in [-0.2, -0.15) is 0 Å². The van der Waals surface area contributed by atoms with Crippen molar-refractivity contribution in [3.05, 3.63) is 75.9 Å². The third kappa shape index (κ3) is 4.06. The second kappa shape index (κ2) is 7.76. The molecule has 0 aliphatic heterocycles. The van der Waals surface area contributed by atoms with Crippen molar-refractivity contribution in [2.45, 2.75) is 20.0 Å². The summed E-state index contributed by atoms with van der Waals surface area (Å²) in [7, 11) is 0. The monoisotopic (exact) mass is 399 g/mol. The molecular formula is C20H18BrNO3. The molecule has 0 bridgehead atoms. The number of ketones is 1. The van der Waals surface area contributed by atoms with Crippen LogP contribution in [0, 0.1) is 6.92 Å². The van der Waals surface area contributed by atoms with E-state index in [-0.39, 0.29) is 18.5 Å². The van der Waals surface area contributed by atoms with Crippen LogP contribution in [0.2, 0.25) is 0 Å². The van der Waals surface area contributed by atoms with Gasteiger partial charge in [-0.1, -0.05) is 51.4 Å². The SMILES string of the molecule is Cc1noc(-c2ccc(Br)cc2)c1C(=O)CO[C@H](C)c1ccccc1. The molecule has 0 amide bonds. The molecule has 1 aromatic heterocycles. The Hall–Kier alpha value is -2.24. The molecule has 1 heterocycles. The third-order valence-corrected chi connectivity index (χ3v) is 4.51. The van der Waals surface area contributed by atoms with Crippen molar-refractivity contribution in [3.63, 3.8) is 0 Å². The zero-order chi connectivity index (χ0) is 17.8. The van der Waals surface area contributed by atoms with Crippen LogP contribution in [0.15, 0.2) is 63.6 Å². The molecule has 2 aromatic carbocycles. The van der Waals surface area contributed by atoms with E-state index in [0.29, 0.717) is 17.0 Å². The van der Waals surface area contributed by atoms with Crippen molar-refractivity contribution in [1.29, 1.82) is 0 Å². The lowest BCUT2D eigenvalue weighted by molar-refractivity contribution is 0.0520. The van der Waals surface area contributed by atoms with Crippen LogP contribution in [-0.4, -0.2) is 17.5 Å². The first-order valence-electron chi connectivity index (χ1n) is 7.98. The fraction of sp³-hybridized carbons (Fsp3) is 0.200. The summed E-state index contributed by atoms with van der Waals surface area (Å²) in [5.41, 5.74) is 2.88. The summed E-state index contributed by atoms with van der Waals surface area (Å²) in [6.07, 6.45) is -0.165. The van der Waals surface area contributed by atoms with Gasteiger partial charge < -0.3 is 9.26 Å². The van der Waals surface area contributed by atoms with E-state index in [1.165, 1.54) is 0 Å². The molecule has 0 radical (unpaired) electrons. The van der Waals surface area contributed by atoms with Crippen LogP contribution in [0.4, 0.5) is 0 Å². The maximum atomic E-state index is 12.7. The number of Topliss-reactive ketones (excluding diaryl/α,β-unsaturated/α-hetero) is 1. The van der Waals surface area contributed by atoms with E-state index in [9.17, 15) is 4.79 Å². The maximum absolute atomic E-state index is 12.7. The predicted molar refractivity (Wildman–Crippen MR) is 99.5 cm³/mol. The summed E-state index contributed by atoms with van der Waals surface area (Å²) in [6.45, 7) is 3.67. The highest BCUT2D eigenvalue weighted by Gasteiger charge is 2.22. The second-order valence-corrected chi connectivity index (χ2v) is 6.68. The average Bonchev–Trinajstić information content (AvgIpc) is 3.02. The highest BCUT2D eigenvalue weighted by Crippen LogP contribution is 2.28. The van der Waals surface area contributed by atoms with Gasteiger partial charge in [-0.05, 0) is 43.7 Å². The number of benzene rings is 2. The lowest BCUT2D eigenvalue weighted by Crippen LogP contribution is -2.13. The number of aromatic nitrogens is 1. The van der Waals surface area contributed by atoms with Gasteiger partial charge in [-0.25, -0.2) is 0 Å². The first-order valence-corrected chi connectivity index (χ1v) is 8.77. The van der Waals surface area contributed by atoms with E-state index >= 15 is 0 Å². The molecule has 0 aliphatic carbocycles. The van der Waals surface area contributed by atoms with Gasteiger partial charge in [0.1, 0.15) is 6.61 Å². The van der Waals surface area contributed by atoms with Gasteiger partial charge in [-0.3, -0.25) is 4.79 Å². The number of hydrogen-bond donors (Lipinski definition) is 0. The van der Waals surface area contributed by atoms with Crippen molar-refractivity contribution in [1.82, 2.24) is 5.16 Å². The fourth-order valence-electron chi connectivity index (χ4n) is 2.59. The van der Waals surface area contributed by atoms with E-state index in [1.54, 1.807) is 6.92 Å². The Kier molecular flexibility index (Phi) is 5.46. The molecule has 0 spiro atoms. The Morgan fingerprint density at radius 3 is 2.52 bits per heavy atom. The normalized spacial score (nSPS) is 12.1. The summed E-state index contributed by atoms with van der Waals surface area (Å²) in [5.74, 6) is 0.338. The van der Waals surface area contributed by atoms with Gasteiger partial charge in [0, 0.05) is 10.0 Å². The number of halogens is 1. The van der Waals surface area contributed by atoms with Crippen LogP contribution in [0.5, 0.6) is 0 Å². The van der Waals surface area contributed by atoms with Crippen molar-refractivity contribution in [2.75, 3.05) is 6.61 Å². The molecule has 3 aromatic rings. The van der Waals surface area contributed by atoms with Gasteiger partial charge in [0.15, 0.2) is 11.5 Å². The quantitative estimate of drug-likeness (QED) is 0.522. The molecule has 3 rings (SSSR count). The van der Waals surface area contributed by atoms with Crippen molar-refractivity contribution < 1.29 is 14.1 Å². The highest BCUT2D eigenvalue weighted by atomic mass is 79.9. The molecular weight excluding hydrogens is 382 g/mol. The standard InChI is InChI=1S/C20H18BrNO3/c1-13-19(20(25-22-13)16-8-10-17(21)11-9-16)18(23)12-24-14(2)15-6-4-3-5-7-15/h3-11,14H,12H2,1-2H3/t14-/m1/s1. The van der Waals surface area contributed by atoms with Gasteiger partial charge in [-0.15, -0.1) is 0 Å². The van der Waals surface area contributed by atoms with Crippen molar-refractivity contribution in [3.8, 4) is 11.3 Å². The molecule has 1 atom stereocenters. The first-order chi connectivity index (χ1) is 12.1. The van der Waals surface area contributed by atoms with Gasteiger partial charge in [0.2, 0.25) is 0 Å². The molecule has 0 N–H and O–H groups in total. The Morgan fingerprint density at radius 2 is 1.84 bits per heavy atom. The Bertz CT molecular complexity index is 856. The molecule has 0 fully saturated rings. The van der Waals surface area contributed by atoms with Crippen LogP contribution >= 0.6 is 15.9 Å². The first kappa shape index (κ1) is 17.6. The molecule has 0 saturated heterocycles. The predicted octanol–water partition coefficient (Wildman–Crippen LogP) is 5.37. The molecule has 0 aliphatic rings. The molecule has 128 valence electrons. The average molecular weight is 400 g/mol. The minimum atomic E-state index is -0.165. The van der Waals surface area contributed by atoms with Gasteiger partial charge in [0.05, 0.1) is 17.4 Å². The molecule has 0 unspecified atom stereocenters. The second-order valence-electron chi connectivity index (χ2n) is 5.77. The van der Waals surface area contributed by atoms with Crippen molar-refractivity contribution in [2.24, 2.45) is 0 Å². The smallest absolute Gasteiger partial charge is 0.194 e. The summed E-state index contributed by atoms with van der Waals surface area (Å²) in [4.78, 5) is 12.7. The van der Waals surface area contributed by atoms with Crippen LogP contribution in [-0.2, 0) is 4.74 Å². The number of aryl methyl sites for hydroxylation is 1. The van der Waals surface area contributed by atoms with E-state index in [0.717, 1.165) is 15.6 Å². The number of nitrogens with zero attached hydrogens (tertiary/aromatic N) is 1. The van der Waals surface area contributed by atoms with Crippen LogP contribution in [0.25, 0.3) is 11.3 Å². The van der Waals surface area contributed by atoms with Gasteiger partial charge >= 0.3 is 0 Å². The van der Waals surface area contributed by atoms with E-state index in [2.05, 4.69) is 21.1 Å².